The largest absolute Gasteiger partial charge is 0.347 e. The van der Waals surface area contributed by atoms with Crippen molar-refractivity contribution in [3.63, 3.8) is 0 Å². The van der Waals surface area contributed by atoms with Gasteiger partial charge in [-0.05, 0) is 16.3 Å². The van der Waals surface area contributed by atoms with Gasteiger partial charge in [-0.25, -0.2) is 9.97 Å². The van der Waals surface area contributed by atoms with E-state index in [0.717, 1.165) is 16.3 Å². The fourth-order valence-corrected chi connectivity index (χ4v) is 2.44. The molecule has 0 unspecified atom stereocenters. The maximum Gasteiger partial charge on any atom is 0.228 e. The average molecular weight is 306 g/mol. The number of fused-ring (bicyclic) bond motifs is 1. The van der Waals surface area contributed by atoms with E-state index in [4.69, 9.17) is 0 Å². The fraction of sp³-hybridized carbons (Fsp3) is 0.167. The number of hydrogen-bond donors (Lipinski definition) is 1. The van der Waals surface area contributed by atoms with Crippen LogP contribution in [0.4, 0.5) is 11.6 Å². The lowest BCUT2D eigenvalue weighted by molar-refractivity contribution is -0.115. The topological polar surface area (TPSA) is 58.1 Å². The number of benzene rings is 2. The maximum atomic E-state index is 12.3. The lowest BCUT2D eigenvalue weighted by Gasteiger charge is -2.11. The van der Waals surface area contributed by atoms with Crippen LogP contribution in [0.15, 0.2) is 54.9 Å². The quantitative estimate of drug-likeness (QED) is 0.805. The van der Waals surface area contributed by atoms with Gasteiger partial charge in [-0.15, -0.1) is 0 Å². The van der Waals surface area contributed by atoms with E-state index in [1.807, 2.05) is 61.5 Å². The Morgan fingerprint density at radius 1 is 1.04 bits per heavy atom. The minimum Gasteiger partial charge on any atom is -0.347 e. The molecule has 3 aromatic rings. The number of amides is 1. The van der Waals surface area contributed by atoms with Crippen molar-refractivity contribution >= 4 is 28.3 Å². The van der Waals surface area contributed by atoms with E-state index in [9.17, 15) is 4.79 Å². The molecule has 0 aliphatic rings. The van der Waals surface area contributed by atoms with Crippen molar-refractivity contribution in [3.8, 4) is 0 Å². The Morgan fingerprint density at radius 3 is 2.48 bits per heavy atom. The molecule has 5 heteroatoms. The standard InChI is InChI=1S/C18H18N4O/c1-22(2)18-19-11-15(12-20-18)21-17(23)10-14-8-5-7-13-6-3-4-9-16(13)14/h3-9,11-12H,10H2,1-2H3,(H,21,23). The number of carbonyl (C=O) groups is 1. The second-order valence-corrected chi connectivity index (χ2v) is 5.53. The van der Waals surface area contributed by atoms with Crippen molar-refractivity contribution in [2.24, 2.45) is 0 Å². The summed E-state index contributed by atoms with van der Waals surface area (Å²) in [4.78, 5) is 22.5. The van der Waals surface area contributed by atoms with Crippen LogP contribution < -0.4 is 10.2 Å². The van der Waals surface area contributed by atoms with Crippen LogP contribution in [-0.4, -0.2) is 30.0 Å². The molecule has 0 saturated carbocycles. The van der Waals surface area contributed by atoms with Crippen molar-refractivity contribution in [2.75, 3.05) is 24.3 Å². The van der Waals surface area contributed by atoms with E-state index in [-0.39, 0.29) is 5.91 Å². The summed E-state index contributed by atoms with van der Waals surface area (Å²) in [6, 6.07) is 14.1. The Kier molecular flexibility index (Phi) is 4.19. The molecule has 5 nitrogen and oxygen atoms in total. The van der Waals surface area contributed by atoms with Gasteiger partial charge in [-0.3, -0.25) is 4.79 Å². The van der Waals surface area contributed by atoms with Crippen molar-refractivity contribution in [3.05, 3.63) is 60.4 Å². The summed E-state index contributed by atoms with van der Waals surface area (Å²) in [6.45, 7) is 0. The Labute approximate surface area is 135 Å². The highest BCUT2D eigenvalue weighted by Gasteiger charge is 2.08. The summed E-state index contributed by atoms with van der Waals surface area (Å²) in [6.07, 6.45) is 3.55. The van der Waals surface area contributed by atoms with Gasteiger partial charge in [0.05, 0.1) is 24.5 Å². The van der Waals surface area contributed by atoms with Crippen LogP contribution in [0.5, 0.6) is 0 Å². The van der Waals surface area contributed by atoms with Gasteiger partial charge in [0.25, 0.3) is 0 Å². The van der Waals surface area contributed by atoms with Gasteiger partial charge in [-0.1, -0.05) is 42.5 Å². The van der Waals surface area contributed by atoms with Gasteiger partial charge in [0.2, 0.25) is 11.9 Å². The predicted octanol–water partition coefficient (Wildman–Crippen LogP) is 2.88. The normalized spacial score (nSPS) is 10.5. The van der Waals surface area contributed by atoms with Crippen molar-refractivity contribution in [2.45, 2.75) is 6.42 Å². The summed E-state index contributed by atoms with van der Waals surface area (Å²) < 4.78 is 0. The molecule has 1 amide bonds. The summed E-state index contributed by atoms with van der Waals surface area (Å²) in [5.74, 6) is 0.527. The molecule has 23 heavy (non-hydrogen) atoms. The smallest absolute Gasteiger partial charge is 0.228 e. The van der Waals surface area contributed by atoms with E-state index >= 15 is 0 Å². The molecule has 1 heterocycles. The third-order valence-corrected chi connectivity index (χ3v) is 3.55. The third kappa shape index (κ3) is 3.45. The third-order valence-electron chi connectivity index (χ3n) is 3.55. The molecule has 0 spiro atoms. The SMILES string of the molecule is CN(C)c1ncc(NC(=O)Cc2cccc3ccccc23)cn1. The van der Waals surface area contributed by atoms with Crippen LogP contribution in [0.2, 0.25) is 0 Å². The Hall–Kier alpha value is -2.95. The molecule has 0 radical (unpaired) electrons. The van der Waals surface area contributed by atoms with E-state index in [1.54, 1.807) is 12.4 Å². The predicted molar refractivity (Wildman–Crippen MR) is 92.6 cm³/mol. The molecule has 116 valence electrons. The number of nitrogens with zero attached hydrogens (tertiary/aromatic N) is 3. The number of anilines is 2. The van der Waals surface area contributed by atoms with Crippen molar-refractivity contribution in [1.29, 1.82) is 0 Å². The van der Waals surface area contributed by atoms with Gasteiger partial charge in [-0.2, -0.15) is 0 Å². The molecular formula is C18H18N4O. The summed E-state index contributed by atoms with van der Waals surface area (Å²) in [5, 5.41) is 5.08. The van der Waals surface area contributed by atoms with E-state index in [1.165, 1.54) is 0 Å². The molecule has 0 saturated heterocycles. The molecule has 2 aromatic carbocycles. The first-order valence-corrected chi connectivity index (χ1v) is 7.39. The summed E-state index contributed by atoms with van der Waals surface area (Å²) in [7, 11) is 3.74. The van der Waals surface area contributed by atoms with Gasteiger partial charge < -0.3 is 10.2 Å². The monoisotopic (exact) mass is 306 g/mol. The number of rotatable bonds is 4. The zero-order chi connectivity index (χ0) is 16.2. The fourth-order valence-electron chi connectivity index (χ4n) is 2.44. The highest BCUT2D eigenvalue weighted by molar-refractivity contribution is 5.96. The summed E-state index contributed by atoms with van der Waals surface area (Å²) >= 11 is 0. The molecule has 0 aliphatic heterocycles. The van der Waals surface area contributed by atoms with Crippen LogP contribution in [0, 0.1) is 0 Å². The molecule has 1 N–H and O–H groups in total. The Balaban J connectivity index is 1.73. The van der Waals surface area contributed by atoms with E-state index in [0.29, 0.717) is 18.1 Å². The molecule has 3 rings (SSSR count). The van der Waals surface area contributed by atoms with Gasteiger partial charge in [0.1, 0.15) is 0 Å². The molecule has 1 aromatic heterocycles. The van der Waals surface area contributed by atoms with Gasteiger partial charge >= 0.3 is 0 Å². The molecule has 0 atom stereocenters. The number of nitrogens with one attached hydrogen (secondary N) is 1. The van der Waals surface area contributed by atoms with Crippen LogP contribution in [-0.2, 0) is 11.2 Å². The first-order chi connectivity index (χ1) is 11.1. The zero-order valence-electron chi connectivity index (χ0n) is 13.2. The molecule has 0 fully saturated rings. The van der Waals surface area contributed by atoms with Crippen LogP contribution in [0.3, 0.4) is 0 Å². The number of aromatic nitrogens is 2. The highest BCUT2D eigenvalue weighted by atomic mass is 16.1. The minimum atomic E-state index is -0.0810. The van der Waals surface area contributed by atoms with E-state index < -0.39 is 0 Å². The Bertz CT molecular complexity index is 823. The van der Waals surface area contributed by atoms with Crippen molar-refractivity contribution < 1.29 is 4.79 Å². The minimum absolute atomic E-state index is 0.0810. The van der Waals surface area contributed by atoms with Crippen LogP contribution >= 0.6 is 0 Å². The average Bonchev–Trinajstić information content (AvgIpc) is 2.55. The van der Waals surface area contributed by atoms with E-state index in [2.05, 4.69) is 15.3 Å². The van der Waals surface area contributed by atoms with Crippen molar-refractivity contribution in [1.82, 2.24) is 9.97 Å². The van der Waals surface area contributed by atoms with Gasteiger partial charge in [0, 0.05) is 14.1 Å². The lowest BCUT2D eigenvalue weighted by atomic mass is 10.0. The summed E-state index contributed by atoms with van der Waals surface area (Å²) in [5.41, 5.74) is 1.60. The first kappa shape index (κ1) is 15.0. The Morgan fingerprint density at radius 2 is 1.74 bits per heavy atom. The highest BCUT2D eigenvalue weighted by Crippen LogP contribution is 2.19. The number of carbonyl (C=O) groups excluding carboxylic acids is 1. The lowest BCUT2D eigenvalue weighted by Crippen LogP contribution is -2.16. The first-order valence-electron chi connectivity index (χ1n) is 7.39. The number of hydrogen-bond acceptors (Lipinski definition) is 4. The maximum absolute atomic E-state index is 12.3. The van der Waals surface area contributed by atoms with Crippen LogP contribution in [0.1, 0.15) is 5.56 Å². The molecule has 0 bridgehead atoms. The second-order valence-electron chi connectivity index (χ2n) is 5.53. The molecule has 0 aliphatic carbocycles. The van der Waals surface area contributed by atoms with Crippen LogP contribution in [0.25, 0.3) is 10.8 Å². The zero-order valence-corrected chi connectivity index (χ0v) is 13.2. The molecular weight excluding hydrogens is 288 g/mol. The second kappa shape index (κ2) is 6.44. The van der Waals surface area contributed by atoms with Gasteiger partial charge in [0.15, 0.2) is 0 Å².